The Morgan fingerprint density at radius 1 is 1.44 bits per heavy atom. The lowest BCUT2D eigenvalue weighted by Gasteiger charge is -2.33. The number of aromatic hydroxyl groups is 1. The molecule has 2 rings (SSSR count). The molecule has 0 radical (unpaired) electrons. The molecule has 18 heavy (non-hydrogen) atoms. The number of benzene rings is 1. The second kappa shape index (κ2) is 5.46. The second-order valence-corrected chi connectivity index (χ2v) is 5.12. The monoisotopic (exact) mass is 265 g/mol. The van der Waals surface area contributed by atoms with Crippen molar-refractivity contribution >= 4 is 17.7 Å². The fraction of sp³-hybridized carbons (Fsp3) is 0.308. The molecule has 1 fully saturated rings. The maximum absolute atomic E-state index is 12.3. The minimum Gasteiger partial charge on any atom is -0.508 e. The standard InChI is InChI=1S/C13H15NO3S/c1-9-8-18-12(13(17)14(9)6-7-15)10-4-2-3-5-11(10)16/h2-5,12,15-16H,1,6-8H2. The number of phenols is 1. The van der Waals surface area contributed by atoms with Crippen LogP contribution in [0.25, 0.3) is 0 Å². The van der Waals surface area contributed by atoms with E-state index in [2.05, 4.69) is 6.58 Å². The highest BCUT2D eigenvalue weighted by molar-refractivity contribution is 8.00. The first-order valence-corrected chi connectivity index (χ1v) is 6.69. The van der Waals surface area contributed by atoms with Crippen molar-refractivity contribution in [2.24, 2.45) is 0 Å². The van der Waals surface area contributed by atoms with Gasteiger partial charge in [0, 0.05) is 23.6 Å². The lowest BCUT2D eigenvalue weighted by molar-refractivity contribution is -0.129. The first-order chi connectivity index (χ1) is 8.65. The van der Waals surface area contributed by atoms with Crippen molar-refractivity contribution in [3.63, 3.8) is 0 Å². The minimum atomic E-state index is -0.428. The van der Waals surface area contributed by atoms with Gasteiger partial charge in [-0.15, -0.1) is 11.8 Å². The molecule has 0 spiro atoms. The van der Waals surface area contributed by atoms with Gasteiger partial charge in [-0.05, 0) is 6.07 Å². The van der Waals surface area contributed by atoms with Crippen LogP contribution in [0.2, 0.25) is 0 Å². The largest absolute Gasteiger partial charge is 0.508 e. The molecule has 0 bridgehead atoms. The zero-order valence-corrected chi connectivity index (χ0v) is 10.7. The highest BCUT2D eigenvalue weighted by Crippen LogP contribution is 2.40. The van der Waals surface area contributed by atoms with Gasteiger partial charge in [0.25, 0.3) is 0 Å². The highest BCUT2D eigenvalue weighted by Gasteiger charge is 2.33. The zero-order chi connectivity index (χ0) is 13.1. The summed E-state index contributed by atoms with van der Waals surface area (Å²) in [6, 6.07) is 6.84. The predicted octanol–water partition coefficient (Wildman–Crippen LogP) is 1.51. The van der Waals surface area contributed by atoms with Crippen LogP contribution >= 0.6 is 11.8 Å². The van der Waals surface area contributed by atoms with Crippen molar-refractivity contribution in [2.45, 2.75) is 5.25 Å². The Labute approximate surface area is 110 Å². The quantitative estimate of drug-likeness (QED) is 0.870. The SMILES string of the molecule is C=C1CSC(c2ccccc2O)C(=O)N1CCO. The number of aliphatic hydroxyl groups excluding tert-OH is 1. The molecule has 5 heteroatoms. The molecule has 1 saturated heterocycles. The van der Waals surface area contributed by atoms with Crippen molar-refractivity contribution in [3.05, 3.63) is 42.1 Å². The average molecular weight is 265 g/mol. The van der Waals surface area contributed by atoms with Crippen molar-refractivity contribution in [1.82, 2.24) is 4.90 Å². The van der Waals surface area contributed by atoms with Crippen LogP contribution in [0.5, 0.6) is 5.75 Å². The number of para-hydroxylation sites is 1. The molecule has 1 atom stereocenters. The van der Waals surface area contributed by atoms with Crippen LogP contribution in [0.1, 0.15) is 10.8 Å². The number of phenolic OH excluding ortho intramolecular Hbond substituents is 1. The maximum Gasteiger partial charge on any atom is 0.244 e. The number of hydrogen-bond donors (Lipinski definition) is 2. The molecule has 0 aliphatic carbocycles. The lowest BCUT2D eigenvalue weighted by atomic mass is 10.1. The number of β-amino-alcohol motifs (C(OH)–C–C–N with tert-alkyl or cyclic N) is 1. The van der Waals surface area contributed by atoms with E-state index in [1.54, 1.807) is 24.3 Å². The first-order valence-electron chi connectivity index (χ1n) is 5.64. The van der Waals surface area contributed by atoms with E-state index in [-0.39, 0.29) is 24.8 Å². The summed E-state index contributed by atoms with van der Waals surface area (Å²) in [5.41, 5.74) is 1.31. The molecule has 96 valence electrons. The molecule has 1 aliphatic rings. The van der Waals surface area contributed by atoms with Gasteiger partial charge in [0.05, 0.1) is 6.61 Å². The minimum absolute atomic E-state index is 0.0943. The Hall–Kier alpha value is -1.46. The van der Waals surface area contributed by atoms with Crippen LogP contribution in [0.3, 0.4) is 0 Å². The number of rotatable bonds is 3. The molecular weight excluding hydrogens is 250 g/mol. The summed E-state index contributed by atoms with van der Waals surface area (Å²) in [5.74, 6) is 0.608. The summed E-state index contributed by atoms with van der Waals surface area (Å²) in [5, 5.41) is 18.4. The van der Waals surface area contributed by atoms with Gasteiger partial charge in [0.15, 0.2) is 0 Å². The molecule has 0 saturated carbocycles. The molecular formula is C13H15NO3S. The molecule has 1 aromatic carbocycles. The Morgan fingerprint density at radius 2 is 2.17 bits per heavy atom. The number of amides is 1. The lowest BCUT2D eigenvalue weighted by Crippen LogP contribution is -2.39. The van der Waals surface area contributed by atoms with E-state index in [4.69, 9.17) is 5.11 Å². The third-order valence-electron chi connectivity index (χ3n) is 2.83. The topological polar surface area (TPSA) is 60.8 Å². The summed E-state index contributed by atoms with van der Waals surface area (Å²) < 4.78 is 0. The summed E-state index contributed by atoms with van der Waals surface area (Å²) in [6.45, 7) is 3.98. The maximum atomic E-state index is 12.3. The van der Waals surface area contributed by atoms with Crippen LogP contribution < -0.4 is 0 Å². The number of thioether (sulfide) groups is 1. The van der Waals surface area contributed by atoms with Gasteiger partial charge in [-0.3, -0.25) is 4.79 Å². The molecule has 2 N–H and O–H groups in total. The second-order valence-electron chi connectivity index (χ2n) is 4.03. The number of carbonyl (C=O) groups is 1. The number of hydrogen-bond acceptors (Lipinski definition) is 4. The van der Waals surface area contributed by atoms with Crippen LogP contribution in [-0.4, -0.2) is 39.9 Å². The number of carbonyl (C=O) groups excluding carboxylic acids is 1. The fourth-order valence-corrected chi connectivity index (χ4v) is 3.09. The Balaban J connectivity index is 2.27. The smallest absolute Gasteiger partial charge is 0.244 e. The number of nitrogens with zero attached hydrogens (tertiary/aromatic N) is 1. The van der Waals surface area contributed by atoms with Gasteiger partial charge in [0.1, 0.15) is 11.0 Å². The van der Waals surface area contributed by atoms with E-state index >= 15 is 0 Å². The van der Waals surface area contributed by atoms with Gasteiger partial charge >= 0.3 is 0 Å². The van der Waals surface area contributed by atoms with Crippen LogP contribution in [0.15, 0.2) is 36.5 Å². The van der Waals surface area contributed by atoms with E-state index in [9.17, 15) is 9.90 Å². The number of aliphatic hydroxyl groups is 1. The first kappa shape index (κ1) is 13.0. The fourth-order valence-electron chi connectivity index (χ4n) is 1.93. The molecule has 1 aromatic rings. The van der Waals surface area contributed by atoms with Crippen LogP contribution in [0, 0.1) is 0 Å². The van der Waals surface area contributed by atoms with Crippen molar-refractivity contribution < 1.29 is 15.0 Å². The highest BCUT2D eigenvalue weighted by atomic mass is 32.2. The predicted molar refractivity (Wildman–Crippen MR) is 71.2 cm³/mol. The molecule has 1 amide bonds. The summed E-state index contributed by atoms with van der Waals surface area (Å²) >= 11 is 1.44. The van der Waals surface area contributed by atoms with Crippen molar-refractivity contribution in [1.29, 1.82) is 0 Å². The molecule has 1 unspecified atom stereocenters. The molecule has 0 aromatic heterocycles. The molecule has 1 heterocycles. The summed E-state index contributed by atoms with van der Waals surface area (Å²) in [6.07, 6.45) is 0. The Morgan fingerprint density at radius 3 is 2.83 bits per heavy atom. The Bertz CT molecular complexity index is 475. The van der Waals surface area contributed by atoms with Gasteiger partial charge in [-0.25, -0.2) is 0 Å². The molecule has 1 aliphatic heterocycles. The van der Waals surface area contributed by atoms with E-state index in [1.807, 2.05) is 0 Å². The van der Waals surface area contributed by atoms with E-state index in [0.29, 0.717) is 17.0 Å². The van der Waals surface area contributed by atoms with E-state index < -0.39 is 5.25 Å². The van der Waals surface area contributed by atoms with Gasteiger partial charge in [0.2, 0.25) is 5.91 Å². The third kappa shape index (κ3) is 2.37. The van der Waals surface area contributed by atoms with Crippen LogP contribution in [0.4, 0.5) is 0 Å². The van der Waals surface area contributed by atoms with Gasteiger partial charge in [-0.1, -0.05) is 24.8 Å². The Kier molecular flexibility index (Phi) is 3.93. The summed E-state index contributed by atoms with van der Waals surface area (Å²) in [7, 11) is 0. The normalized spacial score (nSPS) is 20.3. The zero-order valence-electron chi connectivity index (χ0n) is 9.87. The van der Waals surface area contributed by atoms with Gasteiger partial charge < -0.3 is 15.1 Å². The third-order valence-corrected chi connectivity index (χ3v) is 4.12. The van der Waals surface area contributed by atoms with E-state index in [1.165, 1.54) is 16.7 Å². The average Bonchev–Trinajstić information content (AvgIpc) is 2.36. The van der Waals surface area contributed by atoms with Gasteiger partial charge in [-0.2, -0.15) is 0 Å². The van der Waals surface area contributed by atoms with Crippen LogP contribution in [-0.2, 0) is 4.79 Å². The van der Waals surface area contributed by atoms with Crippen molar-refractivity contribution in [3.8, 4) is 5.75 Å². The van der Waals surface area contributed by atoms with Crippen molar-refractivity contribution in [2.75, 3.05) is 18.9 Å². The van der Waals surface area contributed by atoms with E-state index in [0.717, 1.165) is 0 Å². The molecule has 4 nitrogen and oxygen atoms in total. The summed E-state index contributed by atoms with van der Waals surface area (Å²) in [4.78, 5) is 13.8.